The second kappa shape index (κ2) is 7.00. The second-order valence-electron chi connectivity index (χ2n) is 4.40. The molecule has 0 N–H and O–H groups in total. The summed E-state index contributed by atoms with van der Waals surface area (Å²) in [5.74, 6) is 0.000220. The number of nitro benzene ring substituents is 1. The number of halogens is 1. The van der Waals surface area contributed by atoms with Gasteiger partial charge in [-0.15, -0.1) is 0 Å². The summed E-state index contributed by atoms with van der Waals surface area (Å²) in [7, 11) is 1.37. The first kappa shape index (κ1) is 15.9. The lowest BCUT2D eigenvalue weighted by atomic mass is 10.1. The molecule has 0 saturated carbocycles. The van der Waals surface area contributed by atoms with E-state index in [0.717, 1.165) is 4.47 Å². The number of rotatable bonds is 5. The van der Waals surface area contributed by atoms with Crippen molar-refractivity contribution in [1.29, 1.82) is 0 Å². The number of nitro groups is 1. The number of carbonyl (C=O) groups excluding carboxylic acids is 1. The van der Waals surface area contributed by atoms with Crippen LogP contribution in [0.5, 0.6) is 5.75 Å². The molecule has 2 aromatic carbocycles. The Morgan fingerprint density at radius 2 is 2.05 bits per heavy atom. The van der Waals surface area contributed by atoms with Crippen LogP contribution in [-0.2, 0) is 0 Å². The maximum atomic E-state index is 12.0. The first-order chi connectivity index (χ1) is 10.5. The lowest BCUT2D eigenvalue weighted by molar-refractivity contribution is -0.385. The molecule has 6 heteroatoms. The van der Waals surface area contributed by atoms with Crippen LogP contribution in [0.3, 0.4) is 0 Å². The number of benzene rings is 2. The van der Waals surface area contributed by atoms with Crippen LogP contribution in [-0.4, -0.2) is 17.8 Å². The van der Waals surface area contributed by atoms with Crippen molar-refractivity contribution in [3.8, 4) is 5.75 Å². The second-order valence-corrected chi connectivity index (χ2v) is 5.31. The van der Waals surface area contributed by atoms with Gasteiger partial charge in [-0.2, -0.15) is 0 Å². The third kappa shape index (κ3) is 3.79. The van der Waals surface area contributed by atoms with Crippen LogP contribution in [0.1, 0.15) is 15.9 Å². The average molecular weight is 362 g/mol. The molecular weight excluding hydrogens is 350 g/mol. The van der Waals surface area contributed by atoms with Crippen LogP contribution in [0.15, 0.2) is 53.0 Å². The lowest BCUT2D eigenvalue weighted by Gasteiger charge is -2.02. The largest absolute Gasteiger partial charge is 0.490 e. The molecule has 0 heterocycles. The van der Waals surface area contributed by atoms with Crippen molar-refractivity contribution in [2.24, 2.45) is 0 Å². The maximum absolute atomic E-state index is 12.0. The number of nitrogens with zero attached hydrogens (tertiary/aromatic N) is 1. The highest BCUT2D eigenvalue weighted by atomic mass is 79.9. The van der Waals surface area contributed by atoms with Gasteiger partial charge in [0, 0.05) is 16.1 Å². The molecule has 0 aliphatic rings. The summed E-state index contributed by atoms with van der Waals surface area (Å²) in [5.41, 5.74) is 0.948. The third-order valence-electron chi connectivity index (χ3n) is 2.94. The average Bonchev–Trinajstić information content (AvgIpc) is 2.52. The molecule has 0 bridgehead atoms. The third-order valence-corrected chi connectivity index (χ3v) is 3.43. The summed E-state index contributed by atoms with van der Waals surface area (Å²) >= 11 is 3.30. The van der Waals surface area contributed by atoms with Crippen molar-refractivity contribution in [2.75, 3.05) is 7.11 Å². The molecule has 112 valence electrons. The summed E-state index contributed by atoms with van der Waals surface area (Å²) in [6.07, 6.45) is 2.92. The molecule has 2 aromatic rings. The monoisotopic (exact) mass is 361 g/mol. The Morgan fingerprint density at radius 3 is 2.68 bits per heavy atom. The van der Waals surface area contributed by atoms with Gasteiger partial charge in [0.05, 0.1) is 12.0 Å². The fourth-order valence-corrected chi connectivity index (χ4v) is 2.26. The van der Waals surface area contributed by atoms with E-state index in [1.54, 1.807) is 24.3 Å². The molecule has 0 aliphatic heterocycles. The molecule has 5 nitrogen and oxygen atoms in total. The van der Waals surface area contributed by atoms with Crippen molar-refractivity contribution in [3.63, 3.8) is 0 Å². The predicted molar refractivity (Wildman–Crippen MR) is 87.2 cm³/mol. The molecule has 0 aromatic heterocycles. The Morgan fingerprint density at radius 1 is 1.27 bits per heavy atom. The van der Waals surface area contributed by atoms with Gasteiger partial charge in [0.25, 0.3) is 0 Å². The summed E-state index contributed by atoms with van der Waals surface area (Å²) in [6.45, 7) is 0. The van der Waals surface area contributed by atoms with Crippen molar-refractivity contribution >= 4 is 33.5 Å². The first-order valence-corrected chi connectivity index (χ1v) is 7.11. The Kier molecular flexibility index (Phi) is 5.06. The highest BCUT2D eigenvalue weighted by molar-refractivity contribution is 9.10. The van der Waals surface area contributed by atoms with Gasteiger partial charge in [-0.1, -0.05) is 40.2 Å². The Balaban J connectivity index is 2.25. The van der Waals surface area contributed by atoms with Crippen molar-refractivity contribution in [2.45, 2.75) is 0 Å². The molecule has 0 fully saturated rings. The van der Waals surface area contributed by atoms with E-state index in [-0.39, 0.29) is 17.2 Å². The fourth-order valence-electron chi connectivity index (χ4n) is 1.86. The van der Waals surface area contributed by atoms with Crippen LogP contribution >= 0.6 is 15.9 Å². The van der Waals surface area contributed by atoms with E-state index in [1.165, 1.54) is 31.4 Å². The van der Waals surface area contributed by atoms with Crippen LogP contribution in [0, 0.1) is 10.1 Å². The summed E-state index contributed by atoms with van der Waals surface area (Å²) < 4.78 is 5.74. The minimum Gasteiger partial charge on any atom is -0.490 e. The molecule has 0 atom stereocenters. The fraction of sp³-hybridized carbons (Fsp3) is 0.0625. The van der Waals surface area contributed by atoms with Crippen molar-refractivity contribution in [3.05, 3.63) is 74.3 Å². The zero-order valence-electron chi connectivity index (χ0n) is 11.7. The summed E-state index contributed by atoms with van der Waals surface area (Å²) in [4.78, 5) is 22.5. The summed E-state index contributed by atoms with van der Waals surface area (Å²) in [5, 5.41) is 11.0. The smallest absolute Gasteiger partial charge is 0.311 e. The Labute approximate surface area is 135 Å². The number of allylic oxidation sites excluding steroid dienone is 1. The van der Waals surface area contributed by atoms with E-state index in [0.29, 0.717) is 11.1 Å². The molecule has 0 spiro atoms. The van der Waals surface area contributed by atoms with Gasteiger partial charge in [-0.05, 0) is 29.8 Å². The zero-order chi connectivity index (χ0) is 16.1. The molecule has 22 heavy (non-hydrogen) atoms. The van der Waals surface area contributed by atoms with E-state index in [4.69, 9.17) is 4.74 Å². The number of ketones is 1. The van der Waals surface area contributed by atoms with Crippen molar-refractivity contribution < 1.29 is 14.5 Å². The van der Waals surface area contributed by atoms with E-state index >= 15 is 0 Å². The van der Waals surface area contributed by atoms with Crippen molar-refractivity contribution in [1.82, 2.24) is 0 Å². The van der Waals surface area contributed by atoms with Crippen LogP contribution < -0.4 is 4.74 Å². The van der Waals surface area contributed by atoms with Gasteiger partial charge < -0.3 is 4.74 Å². The molecule has 0 saturated heterocycles. The first-order valence-electron chi connectivity index (χ1n) is 6.31. The van der Waals surface area contributed by atoms with E-state index in [1.807, 2.05) is 6.07 Å². The van der Waals surface area contributed by atoms with E-state index < -0.39 is 4.92 Å². The quantitative estimate of drug-likeness (QED) is 0.345. The maximum Gasteiger partial charge on any atom is 0.311 e. The van der Waals surface area contributed by atoms with Crippen LogP contribution in [0.2, 0.25) is 0 Å². The van der Waals surface area contributed by atoms with E-state index in [2.05, 4.69) is 15.9 Å². The van der Waals surface area contributed by atoms with Gasteiger partial charge in [0.2, 0.25) is 0 Å². The van der Waals surface area contributed by atoms with Gasteiger partial charge in [-0.3, -0.25) is 14.9 Å². The van der Waals surface area contributed by atoms with E-state index in [9.17, 15) is 14.9 Å². The number of methoxy groups -OCH3 is 1. The number of hydrogen-bond donors (Lipinski definition) is 0. The lowest BCUT2D eigenvalue weighted by Crippen LogP contribution is -1.95. The molecule has 2 rings (SSSR count). The number of carbonyl (C=O) groups is 1. The molecule has 0 amide bonds. The van der Waals surface area contributed by atoms with Gasteiger partial charge in [0.1, 0.15) is 0 Å². The topological polar surface area (TPSA) is 69.4 Å². The highest BCUT2D eigenvalue weighted by Crippen LogP contribution is 2.28. The Bertz CT molecular complexity index is 756. The zero-order valence-corrected chi connectivity index (χ0v) is 13.2. The molecule has 0 unspecified atom stereocenters. The minimum absolute atomic E-state index is 0.139. The molecule has 0 radical (unpaired) electrons. The van der Waals surface area contributed by atoms with Gasteiger partial charge in [0.15, 0.2) is 11.5 Å². The van der Waals surface area contributed by atoms with Crippen LogP contribution in [0.25, 0.3) is 6.08 Å². The standard InChI is InChI=1S/C16H12BrNO4/c1-22-16-8-6-11(9-14(16)18(20)21)5-7-15(19)12-3-2-4-13(17)10-12/h2-10H,1H3. The number of ether oxygens (including phenoxy) is 1. The molecule has 0 aliphatic carbocycles. The normalized spacial score (nSPS) is 10.6. The summed E-state index contributed by atoms with van der Waals surface area (Å²) in [6, 6.07) is 11.5. The highest BCUT2D eigenvalue weighted by Gasteiger charge is 2.14. The molecular formula is C16H12BrNO4. The van der Waals surface area contributed by atoms with Gasteiger partial charge in [-0.25, -0.2) is 0 Å². The Hall–Kier alpha value is -2.47. The predicted octanol–water partition coefficient (Wildman–Crippen LogP) is 4.26. The van der Waals surface area contributed by atoms with Gasteiger partial charge >= 0.3 is 5.69 Å². The SMILES string of the molecule is COc1ccc(C=CC(=O)c2cccc(Br)c2)cc1[N+](=O)[O-]. The minimum atomic E-state index is -0.522. The number of hydrogen-bond acceptors (Lipinski definition) is 4. The van der Waals surface area contributed by atoms with Crippen LogP contribution in [0.4, 0.5) is 5.69 Å².